The van der Waals surface area contributed by atoms with Crippen molar-refractivity contribution in [2.45, 2.75) is 32.9 Å². The van der Waals surface area contributed by atoms with E-state index in [1.807, 2.05) is 24.3 Å². The van der Waals surface area contributed by atoms with Crippen molar-refractivity contribution in [3.8, 4) is 5.75 Å². The summed E-state index contributed by atoms with van der Waals surface area (Å²) < 4.78 is 7.06. The van der Waals surface area contributed by atoms with E-state index in [1.54, 1.807) is 12.4 Å². The number of hydrogen-bond donors (Lipinski definition) is 1. The van der Waals surface area contributed by atoms with Crippen LogP contribution in [0.25, 0.3) is 0 Å². The number of nitrogens with zero attached hydrogens (tertiary/aromatic N) is 1. The molecule has 112 valence electrons. The van der Waals surface area contributed by atoms with Gasteiger partial charge in [-0.3, -0.25) is 4.98 Å². The number of nitrogens with one attached hydrogen (secondary N) is 1. The van der Waals surface area contributed by atoms with Gasteiger partial charge in [-0.05, 0) is 55.8 Å². The van der Waals surface area contributed by atoms with Gasteiger partial charge in [-0.25, -0.2) is 0 Å². The van der Waals surface area contributed by atoms with Crippen LogP contribution in [0.3, 0.4) is 0 Å². The summed E-state index contributed by atoms with van der Waals surface area (Å²) in [7, 11) is 0. The lowest BCUT2D eigenvalue weighted by molar-refractivity contribution is 0.299. The number of benzene rings is 1. The second-order valence-corrected chi connectivity index (χ2v) is 5.92. The molecule has 1 aromatic heterocycles. The Kier molecular flexibility index (Phi) is 6.21. The van der Waals surface area contributed by atoms with Crippen LogP contribution in [0.1, 0.15) is 37.4 Å². The van der Waals surface area contributed by atoms with Gasteiger partial charge in [0.2, 0.25) is 0 Å². The highest BCUT2D eigenvalue weighted by Gasteiger charge is 2.12. The van der Waals surface area contributed by atoms with Gasteiger partial charge in [0, 0.05) is 28.5 Å². The third-order valence-corrected chi connectivity index (χ3v) is 3.78. The minimum absolute atomic E-state index is 0.259. The fourth-order valence-electron chi connectivity index (χ4n) is 2.10. The molecular formula is C17H21BrN2O. The van der Waals surface area contributed by atoms with Crippen molar-refractivity contribution < 1.29 is 4.74 Å². The summed E-state index contributed by atoms with van der Waals surface area (Å²) in [5.41, 5.74) is 2.29. The normalized spacial score (nSPS) is 12.1. The Labute approximate surface area is 134 Å². The molecule has 0 amide bonds. The summed E-state index contributed by atoms with van der Waals surface area (Å²) in [5, 5.41) is 3.50. The molecule has 3 nitrogen and oxygen atoms in total. The van der Waals surface area contributed by atoms with Crippen LogP contribution in [0, 0.1) is 0 Å². The van der Waals surface area contributed by atoms with E-state index in [-0.39, 0.29) is 6.04 Å². The predicted octanol–water partition coefficient (Wildman–Crippen LogP) is 4.48. The van der Waals surface area contributed by atoms with Gasteiger partial charge in [0.1, 0.15) is 12.4 Å². The van der Waals surface area contributed by atoms with Crippen molar-refractivity contribution in [1.29, 1.82) is 0 Å². The highest BCUT2D eigenvalue weighted by Crippen LogP contribution is 2.29. The molecule has 0 spiro atoms. The topological polar surface area (TPSA) is 34.1 Å². The molecule has 1 unspecified atom stereocenters. The van der Waals surface area contributed by atoms with Crippen LogP contribution in [0.5, 0.6) is 5.75 Å². The highest BCUT2D eigenvalue weighted by molar-refractivity contribution is 9.10. The monoisotopic (exact) mass is 348 g/mol. The summed E-state index contributed by atoms with van der Waals surface area (Å²) in [6.45, 7) is 5.88. The number of hydrogen-bond acceptors (Lipinski definition) is 3. The zero-order valence-electron chi connectivity index (χ0n) is 12.5. The van der Waals surface area contributed by atoms with E-state index in [1.165, 1.54) is 5.56 Å². The van der Waals surface area contributed by atoms with Crippen molar-refractivity contribution >= 4 is 15.9 Å². The summed E-state index contributed by atoms with van der Waals surface area (Å²) in [4.78, 5) is 4.02. The van der Waals surface area contributed by atoms with Gasteiger partial charge in [0.15, 0.2) is 0 Å². The molecule has 1 aromatic carbocycles. The first-order chi connectivity index (χ1) is 10.2. The molecule has 0 aliphatic rings. The molecule has 0 bridgehead atoms. The van der Waals surface area contributed by atoms with Gasteiger partial charge in [0.25, 0.3) is 0 Å². The summed E-state index contributed by atoms with van der Waals surface area (Å²) in [6.07, 6.45) is 4.69. The third kappa shape index (κ3) is 4.83. The average Bonchev–Trinajstić information content (AvgIpc) is 2.52. The summed E-state index contributed by atoms with van der Waals surface area (Å²) in [5.74, 6) is 0.922. The van der Waals surface area contributed by atoms with E-state index < -0.39 is 0 Å². The van der Waals surface area contributed by atoms with Crippen LogP contribution in [-0.2, 0) is 6.61 Å². The second kappa shape index (κ2) is 8.15. The first kappa shape index (κ1) is 16.0. The molecule has 2 rings (SSSR count). The molecule has 0 radical (unpaired) electrons. The predicted molar refractivity (Wildman–Crippen MR) is 89.4 cm³/mol. The van der Waals surface area contributed by atoms with E-state index in [4.69, 9.17) is 4.74 Å². The van der Waals surface area contributed by atoms with Crippen molar-refractivity contribution in [3.05, 3.63) is 58.3 Å². The van der Waals surface area contributed by atoms with Crippen LogP contribution in [0.4, 0.5) is 0 Å². The minimum atomic E-state index is 0.259. The van der Waals surface area contributed by atoms with Crippen molar-refractivity contribution in [2.75, 3.05) is 6.54 Å². The molecule has 1 N–H and O–H groups in total. The number of ether oxygens (including phenoxy) is 1. The lowest BCUT2D eigenvalue weighted by atomic mass is 10.1. The van der Waals surface area contributed by atoms with Crippen LogP contribution in [0.2, 0.25) is 0 Å². The fraction of sp³-hybridized carbons (Fsp3) is 0.353. The average molecular weight is 349 g/mol. The molecule has 1 atom stereocenters. The van der Waals surface area contributed by atoms with Gasteiger partial charge in [-0.15, -0.1) is 0 Å². The summed E-state index contributed by atoms with van der Waals surface area (Å²) in [6, 6.07) is 10.3. The molecule has 1 heterocycles. The number of aromatic nitrogens is 1. The van der Waals surface area contributed by atoms with Gasteiger partial charge < -0.3 is 10.1 Å². The number of rotatable bonds is 7. The largest absolute Gasteiger partial charge is 0.489 e. The van der Waals surface area contributed by atoms with Gasteiger partial charge >= 0.3 is 0 Å². The van der Waals surface area contributed by atoms with E-state index >= 15 is 0 Å². The molecular weight excluding hydrogens is 328 g/mol. The van der Waals surface area contributed by atoms with Crippen LogP contribution < -0.4 is 10.1 Å². The molecule has 0 fully saturated rings. The highest BCUT2D eigenvalue weighted by atomic mass is 79.9. The maximum Gasteiger partial charge on any atom is 0.124 e. The van der Waals surface area contributed by atoms with Crippen molar-refractivity contribution in [1.82, 2.24) is 10.3 Å². The van der Waals surface area contributed by atoms with E-state index in [2.05, 4.69) is 46.1 Å². The van der Waals surface area contributed by atoms with Crippen LogP contribution >= 0.6 is 15.9 Å². The molecule has 0 saturated carbocycles. The van der Waals surface area contributed by atoms with Crippen molar-refractivity contribution in [2.24, 2.45) is 0 Å². The van der Waals surface area contributed by atoms with Gasteiger partial charge in [-0.1, -0.05) is 22.9 Å². The van der Waals surface area contributed by atoms with Gasteiger partial charge in [-0.2, -0.15) is 0 Å². The quantitative estimate of drug-likeness (QED) is 0.800. The van der Waals surface area contributed by atoms with E-state index in [0.29, 0.717) is 6.61 Å². The van der Waals surface area contributed by atoms with Gasteiger partial charge in [0.05, 0.1) is 0 Å². The van der Waals surface area contributed by atoms with Crippen LogP contribution in [-0.4, -0.2) is 11.5 Å². The Morgan fingerprint density at radius 2 is 2.00 bits per heavy atom. The first-order valence-electron chi connectivity index (χ1n) is 7.25. The zero-order valence-corrected chi connectivity index (χ0v) is 14.1. The van der Waals surface area contributed by atoms with E-state index in [0.717, 1.165) is 28.8 Å². The summed E-state index contributed by atoms with van der Waals surface area (Å²) >= 11 is 3.54. The molecule has 2 aromatic rings. The maximum atomic E-state index is 5.99. The molecule has 0 saturated heterocycles. The van der Waals surface area contributed by atoms with Crippen molar-refractivity contribution in [3.63, 3.8) is 0 Å². The molecule has 0 aliphatic heterocycles. The Morgan fingerprint density at radius 3 is 2.71 bits per heavy atom. The van der Waals surface area contributed by atoms with Crippen LogP contribution in [0.15, 0.2) is 47.2 Å². The lowest BCUT2D eigenvalue weighted by Gasteiger charge is -2.18. The molecule has 21 heavy (non-hydrogen) atoms. The smallest absolute Gasteiger partial charge is 0.124 e. The Bertz CT molecular complexity index is 560. The number of halogens is 1. The third-order valence-electron chi connectivity index (χ3n) is 3.28. The number of pyridine rings is 1. The standard InChI is InChI=1S/C17H21BrN2O/c1-3-8-20-13(2)16-11-15(18)4-5-17(16)21-12-14-6-9-19-10-7-14/h4-7,9-11,13,20H,3,8,12H2,1-2H3. The Morgan fingerprint density at radius 1 is 1.24 bits per heavy atom. The SMILES string of the molecule is CCCNC(C)c1cc(Br)ccc1OCc1ccncc1. The maximum absolute atomic E-state index is 5.99. The lowest BCUT2D eigenvalue weighted by Crippen LogP contribution is -2.20. The molecule has 4 heteroatoms. The first-order valence-corrected chi connectivity index (χ1v) is 8.04. The minimum Gasteiger partial charge on any atom is -0.489 e. The second-order valence-electron chi connectivity index (χ2n) is 5.00. The fourth-order valence-corrected chi connectivity index (χ4v) is 2.48. The Hall–Kier alpha value is -1.39. The Balaban J connectivity index is 2.11. The van der Waals surface area contributed by atoms with E-state index in [9.17, 15) is 0 Å². The molecule has 0 aliphatic carbocycles. The zero-order chi connectivity index (χ0) is 15.1.